The van der Waals surface area contributed by atoms with E-state index in [1.807, 2.05) is 36.3 Å². The molecule has 1 aliphatic heterocycles. The van der Waals surface area contributed by atoms with E-state index in [2.05, 4.69) is 9.29 Å². The van der Waals surface area contributed by atoms with E-state index in [1.54, 1.807) is 12.1 Å². The molecule has 7 rings (SSSR count). The Morgan fingerprint density at radius 2 is 1.77 bits per heavy atom. The summed E-state index contributed by atoms with van der Waals surface area (Å²) < 4.78 is 64.9. The molecule has 0 bridgehead atoms. The van der Waals surface area contributed by atoms with Gasteiger partial charge >= 0.3 is 6.18 Å². The van der Waals surface area contributed by atoms with Gasteiger partial charge in [0, 0.05) is 36.2 Å². The average Bonchev–Trinajstić information content (AvgIpc) is 3.86. The maximum atomic E-state index is 14.9. The van der Waals surface area contributed by atoms with Gasteiger partial charge in [-0.3, -0.25) is 4.31 Å². The molecule has 2 aromatic carbocycles. The fraction of sp³-hybridized carbons (Fsp3) is 0.452. The number of piperidine rings is 1. The zero-order valence-electron chi connectivity index (χ0n) is 21.5. The van der Waals surface area contributed by atoms with Crippen LogP contribution >= 0.6 is 11.9 Å². The summed E-state index contributed by atoms with van der Waals surface area (Å²) in [4.78, 5) is 4.36. The van der Waals surface area contributed by atoms with E-state index in [0.717, 1.165) is 43.2 Å². The molecular formula is C31H30F4N2OS. The Labute approximate surface area is 230 Å². The van der Waals surface area contributed by atoms with Crippen molar-refractivity contribution in [1.82, 2.24) is 9.29 Å². The number of rotatable bonds is 7. The lowest BCUT2D eigenvalue weighted by Crippen LogP contribution is -2.28. The van der Waals surface area contributed by atoms with Gasteiger partial charge in [0.2, 0.25) is 5.88 Å². The largest absolute Gasteiger partial charge is 0.473 e. The van der Waals surface area contributed by atoms with Crippen LogP contribution in [0.25, 0.3) is 11.1 Å². The molecule has 204 valence electrons. The molecule has 1 aromatic heterocycles. The molecule has 2 atom stereocenters. The molecule has 4 aliphatic rings. The van der Waals surface area contributed by atoms with Gasteiger partial charge in [-0.05, 0) is 96.2 Å². The van der Waals surface area contributed by atoms with Crippen LogP contribution in [0.15, 0.2) is 48.7 Å². The van der Waals surface area contributed by atoms with Crippen LogP contribution in [0.2, 0.25) is 0 Å². The van der Waals surface area contributed by atoms with Crippen molar-refractivity contribution in [2.75, 3.05) is 13.1 Å². The molecule has 8 heteroatoms. The predicted octanol–water partition coefficient (Wildman–Crippen LogP) is 8.14. The minimum absolute atomic E-state index is 0.0355. The number of benzene rings is 2. The van der Waals surface area contributed by atoms with E-state index < -0.39 is 17.6 Å². The standard InChI is InChI=1S/C31H30F4N2OS/c32-29-15-28(31(33,34)35)26(13-23(29)17-38-30-14-22-11-21-12-25(21)27(22)16-36-30)20-3-1-18(2-4-20)19-7-9-37(10-8-19)39-24-5-6-24/h1-4,13-16,19,21,24-25H,5-12,17H2. The third-order valence-electron chi connectivity index (χ3n) is 8.64. The number of ether oxygens (including phenoxy) is 1. The molecule has 2 saturated carbocycles. The van der Waals surface area contributed by atoms with Crippen LogP contribution in [0.5, 0.6) is 5.88 Å². The van der Waals surface area contributed by atoms with Crippen molar-refractivity contribution in [3.63, 3.8) is 0 Å². The van der Waals surface area contributed by atoms with Crippen molar-refractivity contribution in [3.8, 4) is 17.0 Å². The predicted molar refractivity (Wildman–Crippen MR) is 144 cm³/mol. The third-order valence-corrected chi connectivity index (χ3v) is 10.1. The first-order valence-corrected chi connectivity index (χ1v) is 14.7. The number of pyridine rings is 1. The first-order valence-electron chi connectivity index (χ1n) is 13.8. The monoisotopic (exact) mass is 554 g/mol. The lowest BCUT2D eigenvalue weighted by molar-refractivity contribution is -0.137. The van der Waals surface area contributed by atoms with Crippen molar-refractivity contribution >= 4 is 11.9 Å². The van der Waals surface area contributed by atoms with Gasteiger partial charge in [0.05, 0.1) is 5.56 Å². The van der Waals surface area contributed by atoms with Crippen LogP contribution in [0, 0.1) is 11.7 Å². The van der Waals surface area contributed by atoms with Crippen molar-refractivity contribution in [2.24, 2.45) is 5.92 Å². The minimum atomic E-state index is -4.68. The molecule has 39 heavy (non-hydrogen) atoms. The number of hydrogen-bond donors (Lipinski definition) is 0. The Morgan fingerprint density at radius 1 is 1.00 bits per heavy atom. The molecule has 2 unspecified atom stereocenters. The molecule has 0 N–H and O–H groups in total. The highest BCUT2D eigenvalue weighted by Gasteiger charge is 2.45. The normalized spacial score (nSPS) is 23.0. The van der Waals surface area contributed by atoms with Gasteiger partial charge in [-0.15, -0.1) is 0 Å². The maximum Gasteiger partial charge on any atom is 0.417 e. The quantitative estimate of drug-likeness (QED) is 0.218. The van der Waals surface area contributed by atoms with Gasteiger partial charge in [-0.2, -0.15) is 13.2 Å². The number of hydrogen-bond acceptors (Lipinski definition) is 4. The summed E-state index contributed by atoms with van der Waals surface area (Å²) in [5.41, 5.74) is 3.11. The van der Waals surface area contributed by atoms with Crippen molar-refractivity contribution in [1.29, 1.82) is 0 Å². The Morgan fingerprint density at radius 3 is 2.49 bits per heavy atom. The molecule has 3 aliphatic carbocycles. The molecule has 3 aromatic rings. The second-order valence-electron chi connectivity index (χ2n) is 11.4. The first kappa shape index (κ1) is 25.4. The molecule has 3 nitrogen and oxygen atoms in total. The molecule has 0 radical (unpaired) electrons. The fourth-order valence-electron chi connectivity index (χ4n) is 6.18. The molecule has 2 heterocycles. The highest BCUT2D eigenvalue weighted by molar-refractivity contribution is 7.97. The van der Waals surface area contributed by atoms with Gasteiger partial charge < -0.3 is 4.74 Å². The van der Waals surface area contributed by atoms with E-state index >= 15 is 0 Å². The Hall–Kier alpha value is -2.58. The summed E-state index contributed by atoms with van der Waals surface area (Å²) in [6.07, 6.45) is 4.09. The number of aromatic nitrogens is 1. The first-order chi connectivity index (χ1) is 18.8. The van der Waals surface area contributed by atoms with Gasteiger partial charge in [-0.1, -0.05) is 36.2 Å². The van der Waals surface area contributed by atoms with Crippen LogP contribution in [-0.2, 0) is 19.2 Å². The summed E-state index contributed by atoms with van der Waals surface area (Å²) in [7, 11) is 0. The van der Waals surface area contributed by atoms with E-state index in [-0.39, 0.29) is 17.7 Å². The van der Waals surface area contributed by atoms with Crippen molar-refractivity contribution in [2.45, 2.75) is 68.4 Å². The second-order valence-corrected chi connectivity index (χ2v) is 12.8. The highest BCUT2D eigenvalue weighted by Crippen LogP contribution is 2.56. The summed E-state index contributed by atoms with van der Waals surface area (Å²) in [6, 6.07) is 11.1. The number of fused-ring (bicyclic) bond motifs is 3. The summed E-state index contributed by atoms with van der Waals surface area (Å²) in [6.45, 7) is 1.88. The molecule has 1 saturated heterocycles. The lowest BCUT2D eigenvalue weighted by atomic mass is 9.88. The molecular weight excluding hydrogens is 524 g/mol. The fourth-order valence-corrected chi connectivity index (χ4v) is 7.37. The van der Waals surface area contributed by atoms with Crippen LogP contribution < -0.4 is 4.74 Å². The van der Waals surface area contributed by atoms with E-state index in [1.165, 1.54) is 36.5 Å². The highest BCUT2D eigenvalue weighted by atomic mass is 32.2. The third kappa shape index (κ3) is 5.30. The second kappa shape index (κ2) is 9.81. The van der Waals surface area contributed by atoms with Crippen molar-refractivity contribution in [3.05, 3.63) is 82.3 Å². The summed E-state index contributed by atoms with van der Waals surface area (Å²) in [5.74, 6) is 1.17. The van der Waals surface area contributed by atoms with E-state index in [9.17, 15) is 17.6 Å². The van der Waals surface area contributed by atoms with Crippen LogP contribution in [0.4, 0.5) is 17.6 Å². The topological polar surface area (TPSA) is 25.4 Å². The van der Waals surface area contributed by atoms with Gasteiger partial charge in [0.25, 0.3) is 0 Å². The van der Waals surface area contributed by atoms with Crippen molar-refractivity contribution < 1.29 is 22.3 Å². The Bertz CT molecular complexity index is 1380. The Balaban J connectivity index is 1.09. The van der Waals surface area contributed by atoms with Gasteiger partial charge in [0.15, 0.2) is 0 Å². The average molecular weight is 555 g/mol. The SMILES string of the molecule is Fc1cc(C(F)(F)F)c(-c2ccc(C3CCN(SC4CC4)CC3)cc2)cc1COc1cc2c(cn1)C1CC1C2. The van der Waals surface area contributed by atoms with Crippen LogP contribution in [0.3, 0.4) is 0 Å². The van der Waals surface area contributed by atoms with E-state index in [4.69, 9.17) is 4.74 Å². The zero-order valence-corrected chi connectivity index (χ0v) is 22.3. The molecule has 0 amide bonds. The maximum absolute atomic E-state index is 14.9. The van der Waals surface area contributed by atoms with Crippen LogP contribution in [0.1, 0.15) is 71.8 Å². The number of alkyl halides is 3. The van der Waals surface area contributed by atoms with E-state index in [0.29, 0.717) is 35.3 Å². The van der Waals surface area contributed by atoms with Gasteiger partial charge in [0.1, 0.15) is 12.4 Å². The number of halogens is 4. The summed E-state index contributed by atoms with van der Waals surface area (Å²) in [5, 5.41) is 0.796. The van der Waals surface area contributed by atoms with Crippen LogP contribution in [-0.4, -0.2) is 27.6 Å². The minimum Gasteiger partial charge on any atom is -0.473 e. The van der Waals surface area contributed by atoms with Gasteiger partial charge in [-0.25, -0.2) is 9.37 Å². The zero-order chi connectivity index (χ0) is 26.7. The Kier molecular flexibility index (Phi) is 6.38. The number of nitrogens with zero attached hydrogens (tertiary/aromatic N) is 2. The molecule has 0 spiro atoms. The molecule has 3 fully saturated rings. The summed E-state index contributed by atoms with van der Waals surface area (Å²) >= 11 is 1.98. The smallest absolute Gasteiger partial charge is 0.417 e. The lowest BCUT2D eigenvalue weighted by Gasteiger charge is -2.31.